The monoisotopic (exact) mass is 275 g/mol. The molecule has 1 aliphatic rings. The fourth-order valence-electron chi connectivity index (χ4n) is 3.53. The first-order chi connectivity index (χ1) is 9.68. The number of aryl methyl sites for hydroxylation is 1. The van der Waals surface area contributed by atoms with Crippen LogP contribution in [0.5, 0.6) is 0 Å². The second-order valence-electron chi connectivity index (χ2n) is 6.45. The van der Waals surface area contributed by atoms with Crippen LogP contribution in [0.25, 0.3) is 0 Å². The Balaban J connectivity index is 2.14. The van der Waals surface area contributed by atoms with Crippen LogP contribution in [0.2, 0.25) is 0 Å². The lowest BCUT2D eigenvalue weighted by Crippen LogP contribution is -2.42. The Labute approximate surface area is 123 Å². The molecule has 0 aliphatic heterocycles. The van der Waals surface area contributed by atoms with Gasteiger partial charge in [0.2, 0.25) is 0 Å². The molecule has 0 saturated heterocycles. The smallest absolute Gasteiger partial charge is 0.0587 e. The summed E-state index contributed by atoms with van der Waals surface area (Å²) in [5.74, 6) is 0.881. The predicted molar refractivity (Wildman–Crippen MR) is 85.2 cm³/mol. The average molecular weight is 275 g/mol. The number of methoxy groups -OCH3 is 1. The first-order valence-electron chi connectivity index (χ1n) is 7.94. The van der Waals surface area contributed by atoms with Crippen molar-refractivity contribution >= 4 is 0 Å². The first-order valence-corrected chi connectivity index (χ1v) is 7.94. The van der Waals surface area contributed by atoms with E-state index in [0.29, 0.717) is 5.41 Å². The highest BCUT2D eigenvalue weighted by Crippen LogP contribution is 2.42. The molecule has 2 rings (SSSR count). The molecule has 0 amide bonds. The zero-order valence-electron chi connectivity index (χ0n) is 13.2. The molecule has 0 heterocycles. The first kappa shape index (κ1) is 15.5. The van der Waals surface area contributed by atoms with Crippen molar-refractivity contribution in [3.05, 3.63) is 35.4 Å². The Morgan fingerprint density at radius 3 is 2.60 bits per heavy atom. The maximum absolute atomic E-state index is 5.15. The molecule has 0 radical (unpaired) electrons. The summed E-state index contributed by atoms with van der Waals surface area (Å²) in [4.78, 5) is 0. The van der Waals surface area contributed by atoms with Crippen LogP contribution in [0, 0.1) is 12.8 Å². The van der Waals surface area contributed by atoms with Crippen LogP contribution in [0.15, 0.2) is 24.3 Å². The molecule has 1 aromatic carbocycles. The molecule has 0 aromatic heterocycles. The van der Waals surface area contributed by atoms with Gasteiger partial charge in [0.15, 0.2) is 0 Å². The van der Waals surface area contributed by atoms with Gasteiger partial charge < -0.3 is 10.1 Å². The zero-order valence-corrected chi connectivity index (χ0v) is 13.2. The minimum atomic E-state index is 0.325. The maximum Gasteiger partial charge on any atom is 0.0587 e. The van der Waals surface area contributed by atoms with E-state index in [0.717, 1.165) is 25.6 Å². The molecule has 1 fully saturated rings. The van der Waals surface area contributed by atoms with E-state index in [1.165, 1.54) is 31.2 Å². The highest BCUT2D eigenvalue weighted by atomic mass is 16.5. The van der Waals surface area contributed by atoms with Crippen LogP contribution in [0.3, 0.4) is 0 Å². The lowest BCUT2D eigenvalue weighted by atomic mass is 9.66. The van der Waals surface area contributed by atoms with Gasteiger partial charge in [0.1, 0.15) is 0 Å². The second kappa shape index (κ2) is 7.24. The maximum atomic E-state index is 5.15. The van der Waals surface area contributed by atoms with Crippen molar-refractivity contribution in [3.63, 3.8) is 0 Å². The molecule has 0 atom stereocenters. The zero-order chi connectivity index (χ0) is 14.4. The molecule has 1 saturated carbocycles. The summed E-state index contributed by atoms with van der Waals surface area (Å²) in [5.41, 5.74) is 3.32. The van der Waals surface area contributed by atoms with Gasteiger partial charge in [0.05, 0.1) is 6.61 Å². The minimum absolute atomic E-state index is 0.325. The quantitative estimate of drug-likeness (QED) is 0.800. The van der Waals surface area contributed by atoms with Gasteiger partial charge >= 0.3 is 0 Å². The van der Waals surface area contributed by atoms with E-state index in [1.807, 2.05) is 0 Å². The Kier molecular flexibility index (Phi) is 5.62. The van der Waals surface area contributed by atoms with Crippen LogP contribution in [-0.2, 0) is 10.2 Å². The van der Waals surface area contributed by atoms with E-state index in [2.05, 4.69) is 43.4 Å². The number of benzene rings is 1. The lowest BCUT2D eigenvalue weighted by molar-refractivity contribution is 0.187. The summed E-state index contributed by atoms with van der Waals surface area (Å²) in [6.45, 7) is 7.46. The molecule has 20 heavy (non-hydrogen) atoms. The third kappa shape index (κ3) is 3.62. The van der Waals surface area contributed by atoms with Crippen molar-refractivity contribution in [3.8, 4) is 0 Å². The van der Waals surface area contributed by atoms with Crippen LogP contribution in [0.4, 0.5) is 0 Å². The van der Waals surface area contributed by atoms with Crippen LogP contribution >= 0.6 is 0 Å². The molecule has 1 aromatic rings. The summed E-state index contributed by atoms with van der Waals surface area (Å²) >= 11 is 0. The fraction of sp³-hybridized carbons (Fsp3) is 0.667. The number of ether oxygens (including phenoxy) is 1. The fourth-order valence-corrected chi connectivity index (χ4v) is 3.53. The van der Waals surface area contributed by atoms with Crippen LogP contribution < -0.4 is 5.32 Å². The van der Waals surface area contributed by atoms with Gasteiger partial charge in [-0.3, -0.25) is 0 Å². The van der Waals surface area contributed by atoms with Crippen molar-refractivity contribution in [2.45, 2.75) is 44.9 Å². The van der Waals surface area contributed by atoms with Gasteiger partial charge in [-0.15, -0.1) is 0 Å². The standard InChI is InChI=1S/C18H29NO/c1-15-8-10-18(11-9-15,14-19-12-13-20-3)17-7-5-4-6-16(17)2/h4-7,15,19H,8-14H2,1-3H3. The van der Waals surface area contributed by atoms with E-state index >= 15 is 0 Å². The van der Waals surface area contributed by atoms with E-state index in [1.54, 1.807) is 12.7 Å². The summed E-state index contributed by atoms with van der Waals surface area (Å²) in [6, 6.07) is 8.93. The van der Waals surface area contributed by atoms with Crippen molar-refractivity contribution < 1.29 is 4.74 Å². The normalized spacial score (nSPS) is 26.6. The van der Waals surface area contributed by atoms with Gasteiger partial charge in [-0.05, 0) is 49.7 Å². The van der Waals surface area contributed by atoms with Gasteiger partial charge in [0, 0.05) is 25.6 Å². The summed E-state index contributed by atoms with van der Waals surface area (Å²) in [7, 11) is 1.76. The van der Waals surface area contributed by atoms with Crippen molar-refractivity contribution in [1.29, 1.82) is 0 Å². The van der Waals surface area contributed by atoms with Crippen molar-refractivity contribution in [2.75, 3.05) is 26.8 Å². The van der Waals surface area contributed by atoms with Crippen molar-refractivity contribution in [1.82, 2.24) is 5.32 Å². The predicted octanol–water partition coefficient (Wildman–Crippen LogP) is 3.68. The third-order valence-electron chi connectivity index (χ3n) is 4.89. The molecule has 1 aliphatic carbocycles. The third-order valence-corrected chi connectivity index (χ3v) is 4.89. The molecular formula is C18H29NO. The van der Waals surface area contributed by atoms with Crippen LogP contribution in [-0.4, -0.2) is 26.8 Å². The lowest BCUT2D eigenvalue weighted by Gasteiger charge is -2.41. The summed E-state index contributed by atoms with van der Waals surface area (Å²) in [6.07, 6.45) is 5.30. The van der Waals surface area contributed by atoms with Gasteiger partial charge in [-0.25, -0.2) is 0 Å². The van der Waals surface area contributed by atoms with E-state index < -0.39 is 0 Å². The van der Waals surface area contributed by atoms with Gasteiger partial charge in [0.25, 0.3) is 0 Å². The van der Waals surface area contributed by atoms with Gasteiger partial charge in [-0.2, -0.15) is 0 Å². The van der Waals surface area contributed by atoms with Gasteiger partial charge in [-0.1, -0.05) is 31.2 Å². The number of nitrogens with one attached hydrogen (secondary N) is 1. The summed E-state index contributed by atoms with van der Waals surface area (Å²) < 4.78 is 5.15. The van der Waals surface area contributed by atoms with Crippen LogP contribution in [0.1, 0.15) is 43.7 Å². The molecule has 2 nitrogen and oxygen atoms in total. The van der Waals surface area contributed by atoms with E-state index in [9.17, 15) is 0 Å². The van der Waals surface area contributed by atoms with Crippen molar-refractivity contribution in [2.24, 2.45) is 5.92 Å². The highest BCUT2D eigenvalue weighted by Gasteiger charge is 2.36. The average Bonchev–Trinajstić information content (AvgIpc) is 2.47. The Bertz CT molecular complexity index is 408. The molecule has 0 spiro atoms. The Hall–Kier alpha value is -0.860. The SMILES string of the molecule is COCCNCC1(c2ccccc2C)CCC(C)CC1. The number of hydrogen-bond acceptors (Lipinski definition) is 2. The minimum Gasteiger partial charge on any atom is -0.383 e. The topological polar surface area (TPSA) is 21.3 Å². The molecule has 0 unspecified atom stereocenters. The molecular weight excluding hydrogens is 246 g/mol. The highest BCUT2D eigenvalue weighted by molar-refractivity contribution is 5.34. The van der Waals surface area contributed by atoms with E-state index in [-0.39, 0.29) is 0 Å². The Morgan fingerprint density at radius 1 is 1.25 bits per heavy atom. The molecule has 2 heteroatoms. The largest absolute Gasteiger partial charge is 0.383 e. The molecule has 1 N–H and O–H groups in total. The van der Waals surface area contributed by atoms with E-state index in [4.69, 9.17) is 4.74 Å². The Morgan fingerprint density at radius 2 is 1.95 bits per heavy atom. The second-order valence-corrected chi connectivity index (χ2v) is 6.45. The molecule has 0 bridgehead atoms. The molecule has 112 valence electrons. The number of hydrogen-bond donors (Lipinski definition) is 1. The summed E-state index contributed by atoms with van der Waals surface area (Å²) in [5, 5.41) is 3.61. The number of rotatable bonds is 6.